The zero-order valence-electron chi connectivity index (χ0n) is 10.8. The zero-order valence-corrected chi connectivity index (χ0v) is 13.2. The number of hydrogen-bond donors (Lipinski definition) is 1. The van der Waals surface area contributed by atoms with Gasteiger partial charge in [0.2, 0.25) is 5.91 Å². The summed E-state index contributed by atoms with van der Waals surface area (Å²) in [4.78, 5) is 27.4. The van der Waals surface area contributed by atoms with Crippen molar-refractivity contribution in [3.63, 3.8) is 0 Å². The number of benzene rings is 1. The maximum Gasteiger partial charge on any atom is 0.345 e. The van der Waals surface area contributed by atoms with E-state index in [-0.39, 0.29) is 5.91 Å². The third-order valence-electron chi connectivity index (χ3n) is 2.77. The molecule has 1 aromatic carbocycles. The SMILES string of the molecule is CC(=O)Nc1nc(-c2cc3ccccc3oc2=O)c(Br)s1. The van der Waals surface area contributed by atoms with Gasteiger partial charge in [0, 0.05) is 12.3 Å². The Hall–Kier alpha value is -1.99. The van der Waals surface area contributed by atoms with Crippen molar-refractivity contribution in [2.45, 2.75) is 6.92 Å². The van der Waals surface area contributed by atoms with E-state index in [1.807, 2.05) is 12.1 Å². The Morgan fingerprint density at radius 3 is 2.90 bits per heavy atom. The summed E-state index contributed by atoms with van der Waals surface area (Å²) in [6.07, 6.45) is 0. The van der Waals surface area contributed by atoms with Crippen molar-refractivity contribution < 1.29 is 9.21 Å². The van der Waals surface area contributed by atoms with E-state index in [1.54, 1.807) is 18.2 Å². The molecule has 0 aliphatic carbocycles. The van der Waals surface area contributed by atoms with Gasteiger partial charge in [0.25, 0.3) is 0 Å². The predicted octanol–water partition coefficient (Wildman–Crippen LogP) is 3.64. The van der Waals surface area contributed by atoms with Crippen LogP contribution in [-0.2, 0) is 4.79 Å². The lowest BCUT2D eigenvalue weighted by atomic mass is 10.1. The van der Waals surface area contributed by atoms with E-state index in [9.17, 15) is 9.59 Å². The van der Waals surface area contributed by atoms with E-state index < -0.39 is 5.63 Å². The second kappa shape index (κ2) is 5.42. The highest BCUT2D eigenvalue weighted by atomic mass is 79.9. The van der Waals surface area contributed by atoms with Crippen LogP contribution in [0.25, 0.3) is 22.2 Å². The summed E-state index contributed by atoms with van der Waals surface area (Å²) >= 11 is 4.61. The molecule has 0 aliphatic rings. The molecule has 2 aromatic heterocycles. The molecule has 106 valence electrons. The number of carbonyl (C=O) groups excluding carboxylic acids is 1. The van der Waals surface area contributed by atoms with Gasteiger partial charge in [0.1, 0.15) is 15.1 Å². The van der Waals surface area contributed by atoms with Gasteiger partial charge in [0.05, 0.1) is 5.56 Å². The Labute approximate surface area is 131 Å². The number of fused-ring (bicyclic) bond motifs is 1. The molecule has 0 fully saturated rings. The normalized spacial score (nSPS) is 10.8. The average Bonchev–Trinajstić information content (AvgIpc) is 2.77. The van der Waals surface area contributed by atoms with Crippen molar-refractivity contribution >= 4 is 49.3 Å². The minimum atomic E-state index is -0.464. The van der Waals surface area contributed by atoms with Crippen LogP contribution in [0.4, 0.5) is 5.13 Å². The Morgan fingerprint density at radius 2 is 2.14 bits per heavy atom. The fraction of sp³-hybridized carbons (Fsp3) is 0.0714. The molecule has 0 bridgehead atoms. The number of nitrogens with zero attached hydrogens (tertiary/aromatic N) is 1. The lowest BCUT2D eigenvalue weighted by Gasteiger charge is -2.00. The number of amides is 1. The maximum atomic E-state index is 12.1. The minimum Gasteiger partial charge on any atom is -0.422 e. The second-order valence-electron chi connectivity index (χ2n) is 4.31. The summed E-state index contributed by atoms with van der Waals surface area (Å²) in [5.41, 5.74) is 0.880. The third-order valence-corrected chi connectivity index (χ3v) is 4.39. The van der Waals surface area contributed by atoms with Crippen molar-refractivity contribution in [1.82, 2.24) is 4.98 Å². The van der Waals surface area contributed by atoms with E-state index in [2.05, 4.69) is 26.2 Å². The average molecular weight is 365 g/mol. The molecule has 0 unspecified atom stereocenters. The van der Waals surface area contributed by atoms with Crippen molar-refractivity contribution in [3.05, 3.63) is 44.5 Å². The summed E-state index contributed by atoms with van der Waals surface area (Å²) in [6, 6.07) is 9.00. The molecule has 0 saturated carbocycles. The molecule has 3 aromatic rings. The first-order chi connectivity index (χ1) is 10.0. The number of thiazole rings is 1. The first-order valence-corrected chi connectivity index (χ1v) is 7.63. The number of para-hydroxylation sites is 1. The van der Waals surface area contributed by atoms with Crippen LogP contribution in [0.2, 0.25) is 0 Å². The molecular formula is C14H9BrN2O3S. The zero-order chi connectivity index (χ0) is 15.0. The van der Waals surface area contributed by atoms with Crippen molar-refractivity contribution in [2.75, 3.05) is 5.32 Å². The topological polar surface area (TPSA) is 72.2 Å². The lowest BCUT2D eigenvalue weighted by molar-refractivity contribution is -0.114. The third kappa shape index (κ3) is 2.74. The molecule has 3 rings (SSSR count). The van der Waals surface area contributed by atoms with Gasteiger partial charge in [-0.3, -0.25) is 4.79 Å². The monoisotopic (exact) mass is 364 g/mol. The number of halogens is 1. The largest absolute Gasteiger partial charge is 0.422 e. The fourth-order valence-electron chi connectivity index (χ4n) is 1.90. The van der Waals surface area contributed by atoms with E-state index in [4.69, 9.17) is 4.42 Å². The van der Waals surface area contributed by atoms with E-state index in [0.29, 0.717) is 25.8 Å². The quantitative estimate of drug-likeness (QED) is 0.704. The van der Waals surface area contributed by atoms with Crippen LogP contribution >= 0.6 is 27.3 Å². The first kappa shape index (κ1) is 14.0. The first-order valence-electron chi connectivity index (χ1n) is 6.02. The second-order valence-corrected chi connectivity index (χ2v) is 6.62. The Kier molecular flexibility index (Phi) is 3.60. The van der Waals surface area contributed by atoms with Crippen LogP contribution in [0, 0.1) is 0 Å². The molecular weight excluding hydrogens is 356 g/mol. The highest BCUT2D eigenvalue weighted by Gasteiger charge is 2.16. The molecule has 0 atom stereocenters. The van der Waals surface area contributed by atoms with E-state index in [1.165, 1.54) is 18.3 Å². The van der Waals surface area contributed by atoms with Gasteiger partial charge in [-0.15, -0.1) is 0 Å². The number of nitrogens with one attached hydrogen (secondary N) is 1. The molecule has 21 heavy (non-hydrogen) atoms. The molecule has 2 heterocycles. The summed E-state index contributed by atoms with van der Waals surface area (Å²) in [6.45, 7) is 1.40. The van der Waals surface area contributed by atoms with Gasteiger partial charge in [-0.25, -0.2) is 9.78 Å². The van der Waals surface area contributed by atoms with Crippen LogP contribution in [0.15, 0.2) is 43.3 Å². The molecule has 0 aliphatic heterocycles. The Bertz CT molecular complexity index is 901. The summed E-state index contributed by atoms with van der Waals surface area (Å²) in [5.74, 6) is -0.214. The highest BCUT2D eigenvalue weighted by molar-refractivity contribution is 9.11. The Morgan fingerprint density at radius 1 is 1.38 bits per heavy atom. The van der Waals surface area contributed by atoms with Gasteiger partial charge in [-0.2, -0.15) is 0 Å². The van der Waals surface area contributed by atoms with Crippen molar-refractivity contribution in [1.29, 1.82) is 0 Å². The van der Waals surface area contributed by atoms with Crippen LogP contribution in [0.5, 0.6) is 0 Å². The standard InChI is InChI=1S/C14H9BrN2O3S/c1-7(18)16-14-17-11(12(15)21-14)9-6-8-4-2-3-5-10(8)20-13(9)19/h2-6H,1H3,(H,16,17,18). The number of rotatable bonds is 2. The minimum absolute atomic E-state index is 0.214. The van der Waals surface area contributed by atoms with Crippen molar-refractivity contribution in [3.8, 4) is 11.3 Å². The molecule has 0 saturated heterocycles. The maximum absolute atomic E-state index is 12.1. The summed E-state index contributed by atoms with van der Waals surface area (Å²) < 4.78 is 5.95. The number of aromatic nitrogens is 1. The molecule has 0 radical (unpaired) electrons. The number of anilines is 1. The molecule has 7 heteroatoms. The number of hydrogen-bond acceptors (Lipinski definition) is 5. The van der Waals surface area contributed by atoms with Gasteiger partial charge < -0.3 is 9.73 Å². The smallest absolute Gasteiger partial charge is 0.345 e. The molecule has 1 amide bonds. The van der Waals surface area contributed by atoms with Crippen LogP contribution in [-0.4, -0.2) is 10.9 Å². The Balaban J connectivity index is 2.16. The number of carbonyl (C=O) groups is 1. The van der Waals surface area contributed by atoms with Crippen LogP contribution in [0.3, 0.4) is 0 Å². The molecule has 1 N–H and O–H groups in total. The van der Waals surface area contributed by atoms with E-state index >= 15 is 0 Å². The van der Waals surface area contributed by atoms with Crippen LogP contribution in [0.1, 0.15) is 6.92 Å². The predicted molar refractivity (Wildman–Crippen MR) is 85.6 cm³/mol. The van der Waals surface area contributed by atoms with Crippen LogP contribution < -0.4 is 10.9 Å². The van der Waals surface area contributed by atoms with Crippen molar-refractivity contribution in [2.24, 2.45) is 0 Å². The van der Waals surface area contributed by atoms with E-state index in [0.717, 1.165) is 5.39 Å². The highest BCUT2D eigenvalue weighted by Crippen LogP contribution is 2.35. The fourth-order valence-corrected chi connectivity index (χ4v) is 3.41. The summed E-state index contributed by atoms with van der Waals surface area (Å²) in [5, 5.41) is 3.84. The van der Waals surface area contributed by atoms with Gasteiger partial charge in [-0.1, -0.05) is 29.5 Å². The van der Waals surface area contributed by atoms with Gasteiger partial charge in [-0.05, 0) is 28.1 Å². The molecule has 0 spiro atoms. The lowest BCUT2D eigenvalue weighted by Crippen LogP contribution is -2.06. The summed E-state index contributed by atoms with van der Waals surface area (Å²) in [7, 11) is 0. The molecule has 5 nitrogen and oxygen atoms in total. The van der Waals surface area contributed by atoms with Gasteiger partial charge in [0.15, 0.2) is 5.13 Å². The van der Waals surface area contributed by atoms with Gasteiger partial charge >= 0.3 is 5.63 Å².